The van der Waals surface area contributed by atoms with Crippen molar-refractivity contribution in [1.82, 2.24) is 9.97 Å². The van der Waals surface area contributed by atoms with E-state index in [2.05, 4.69) is 33.3 Å². The molecule has 7 nitrogen and oxygen atoms in total. The SMILES string of the molecule is CN(c1cc([C@H]2CCOC2)nc(NCCO)n1)C1CCOCC1. The molecule has 2 saturated heterocycles. The van der Waals surface area contributed by atoms with E-state index in [0.29, 0.717) is 24.5 Å². The van der Waals surface area contributed by atoms with Crippen LogP contribution in [0.15, 0.2) is 6.07 Å². The molecule has 0 unspecified atom stereocenters. The number of hydrogen-bond donors (Lipinski definition) is 2. The molecule has 0 bridgehead atoms. The van der Waals surface area contributed by atoms with Crippen molar-refractivity contribution in [3.8, 4) is 0 Å². The van der Waals surface area contributed by atoms with Gasteiger partial charge in [0.15, 0.2) is 0 Å². The lowest BCUT2D eigenvalue weighted by molar-refractivity contribution is 0.0853. The highest BCUT2D eigenvalue weighted by molar-refractivity contribution is 5.46. The minimum absolute atomic E-state index is 0.0608. The van der Waals surface area contributed by atoms with Crippen LogP contribution in [0, 0.1) is 0 Å². The molecular formula is C16H26N4O3. The van der Waals surface area contributed by atoms with Gasteiger partial charge in [-0.3, -0.25) is 0 Å². The van der Waals surface area contributed by atoms with Crippen LogP contribution in [0.1, 0.15) is 30.9 Å². The van der Waals surface area contributed by atoms with Crippen LogP contribution in [0.3, 0.4) is 0 Å². The normalized spacial score (nSPS) is 22.3. The first-order valence-corrected chi connectivity index (χ1v) is 8.40. The molecule has 0 aliphatic carbocycles. The molecule has 3 heterocycles. The number of hydrogen-bond acceptors (Lipinski definition) is 7. The summed E-state index contributed by atoms with van der Waals surface area (Å²) < 4.78 is 10.9. The van der Waals surface area contributed by atoms with E-state index >= 15 is 0 Å². The molecule has 0 spiro atoms. The highest BCUT2D eigenvalue weighted by atomic mass is 16.5. The highest BCUT2D eigenvalue weighted by Crippen LogP contribution is 2.28. The van der Waals surface area contributed by atoms with E-state index in [1.807, 2.05) is 0 Å². The Morgan fingerprint density at radius 1 is 1.22 bits per heavy atom. The second kappa shape index (κ2) is 7.90. The van der Waals surface area contributed by atoms with Gasteiger partial charge in [-0.25, -0.2) is 4.98 Å². The van der Waals surface area contributed by atoms with Gasteiger partial charge in [0.05, 0.1) is 18.9 Å². The fraction of sp³-hybridized carbons (Fsp3) is 0.750. The van der Waals surface area contributed by atoms with Crippen molar-refractivity contribution >= 4 is 11.8 Å². The van der Waals surface area contributed by atoms with Crippen LogP contribution >= 0.6 is 0 Å². The van der Waals surface area contributed by atoms with Crippen molar-refractivity contribution < 1.29 is 14.6 Å². The highest BCUT2D eigenvalue weighted by Gasteiger charge is 2.24. The molecule has 1 atom stereocenters. The summed E-state index contributed by atoms with van der Waals surface area (Å²) in [6.07, 6.45) is 3.03. The van der Waals surface area contributed by atoms with Crippen LogP contribution in [0.4, 0.5) is 11.8 Å². The molecule has 23 heavy (non-hydrogen) atoms. The van der Waals surface area contributed by atoms with Crippen LogP contribution in [-0.2, 0) is 9.47 Å². The number of nitrogens with zero attached hydrogens (tertiary/aromatic N) is 3. The number of ether oxygens (including phenoxy) is 2. The van der Waals surface area contributed by atoms with Crippen molar-refractivity contribution in [2.45, 2.75) is 31.2 Å². The third-order valence-corrected chi connectivity index (χ3v) is 4.58. The summed E-state index contributed by atoms with van der Waals surface area (Å²) in [5.41, 5.74) is 1.02. The van der Waals surface area contributed by atoms with Gasteiger partial charge in [-0.2, -0.15) is 4.98 Å². The number of anilines is 2. The smallest absolute Gasteiger partial charge is 0.224 e. The monoisotopic (exact) mass is 322 g/mol. The van der Waals surface area contributed by atoms with Gasteiger partial charge in [0.2, 0.25) is 5.95 Å². The maximum atomic E-state index is 9.03. The summed E-state index contributed by atoms with van der Waals surface area (Å²) in [5.74, 6) is 1.83. The van der Waals surface area contributed by atoms with E-state index in [0.717, 1.165) is 57.2 Å². The van der Waals surface area contributed by atoms with E-state index in [-0.39, 0.29) is 6.61 Å². The van der Waals surface area contributed by atoms with Gasteiger partial charge in [-0.1, -0.05) is 0 Å². The van der Waals surface area contributed by atoms with Gasteiger partial charge in [-0.05, 0) is 19.3 Å². The molecule has 1 aromatic rings. The van der Waals surface area contributed by atoms with Crippen LogP contribution in [0.25, 0.3) is 0 Å². The Kier molecular flexibility index (Phi) is 5.64. The molecule has 0 aromatic carbocycles. The Labute approximate surface area is 137 Å². The van der Waals surface area contributed by atoms with Gasteiger partial charge in [0, 0.05) is 51.4 Å². The molecule has 0 amide bonds. The summed E-state index contributed by atoms with van der Waals surface area (Å²) in [4.78, 5) is 11.5. The Morgan fingerprint density at radius 3 is 2.70 bits per heavy atom. The van der Waals surface area contributed by atoms with Crippen LogP contribution < -0.4 is 10.2 Å². The van der Waals surface area contributed by atoms with Crippen LogP contribution in [0.2, 0.25) is 0 Å². The first kappa shape index (κ1) is 16.4. The molecule has 0 saturated carbocycles. The molecule has 2 aliphatic heterocycles. The maximum absolute atomic E-state index is 9.03. The zero-order chi connectivity index (χ0) is 16.1. The molecule has 1 aromatic heterocycles. The van der Waals surface area contributed by atoms with Gasteiger partial charge in [0.25, 0.3) is 0 Å². The number of rotatable bonds is 6. The van der Waals surface area contributed by atoms with Gasteiger partial charge in [-0.15, -0.1) is 0 Å². The van der Waals surface area contributed by atoms with E-state index in [1.165, 1.54) is 0 Å². The average Bonchev–Trinajstić information content (AvgIpc) is 3.14. The fourth-order valence-corrected chi connectivity index (χ4v) is 3.12. The minimum atomic E-state index is 0.0608. The van der Waals surface area contributed by atoms with Crippen LogP contribution in [-0.4, -0.2) is 67.7 Å². The number of aromatic nitrogens is 2. The lowest BCUT2D eigenvalue weighted by Crippen LogP contribution is -2.37. The average molecular weight is 322 g/mol. The van der Waals surface area contributed by atoms with Gasteiger partial charge < -0.3 is 24.8 Å². The maximum Gasteiger partial charge on any atom is 0.224 e. The largest absolute Gasteiger partial charge is 0.395 e. The van der Waals surface area contributed by atoms with E-state index in [4.69, 9.17) is 14.6 Å². The standard InChI is InChI=1S/C16H26N4O3/c1-20(13-3-8-22-9-4-13)15-10-14(12-2-7-23-11-12)18-16(19-15)17-5-6-21/h10,12-13,21H,2-9,11H2,1H3,(H,17,18,19)/t12-/m0/s1. The summed E-state index contributed by atoms with van der Waals surface area (Å²) in [6.45, 7) is 3.63. The number of aliphatic hydroxyl groups is 1. The molecule has 7 heteroatoms. The van der Waals surface area contributed by atoms with Gasteiger partial charge in [0.1, 0.15) is 5.82 Å². The Balaban J connectivity index is 1.82. The zero-order valence-corrected chi connectivity index (χ0v) is 13.7. The van der Waals surface area contributed by atoms with Crippen molar-refractivity contribution in [3.63, 3.8) is 0 Å². The topological polar surface area (TPSA) is 79.7 Å². The Bertz CT molecular complexity index is 502. The number of nitrogens with one attached hydrogen (secondary N) is 1. The molecule has 2 aliphatic rings. The predicted molar refractivity (Wildman–Crippen MR) is 88.0 cm³/mol. The van der Waals surface area contributed by atoms with Crippen molar-refractivity contribution in [3.05, 3.63) is 11.8 Å². The quantitative estimate of drug-likeness (QED) is 0.809. The summed E-state index contributed by atoms with van der Waals surface area (Å²) in [7, 11) is 2.09. The molecular weight excluding hydrogens is 296 g/mol. The fourth-order valence-electron chi connectivity index (χ4n) is 3.12. The van der Waals surface area contributed by atoms with E-state index in [1.54, 1.807) is 0 Å². The summed E-state index contributed by atoms with van der Waals surface area (Å²) >= 11 is 0. The van der Waals surface area contributed by atoms with Crippen LogP contribution in [0.5, 0.6) is 0 Å². The molecule has 2 fully saturated rings. The van der Waals surface area contributed by atoms with E-state index in [9.17, 15) is 0 Å². The Hall–Kier alpha value is -1.44. The molecule has 0 radical (unpaired) electrons. The molecule has 128 valence electrons. The summed E-state index contributed by atoms with van der Waals surface area (Å²) in [5, 5.41) is 12.1. The van der Waals surface area contributed by atoms with E-state index < -0.39 is 0 Å². The first-order valence-electron chi connectivity index (χ1n) is 8.40. The lowest BCUT2D eigenvalue weighted by Gasteiger charge is -2.32. The molecule has 2 N–H and O–H groups in total. The second-order valence-corrected chi connectivity index (χ2v) is 6.14. The lowest BCUT2D eigenvalue weighted by atomic mass is 10.0. The summed E-state index contributed by atoms with van der Waals surface area (Å²) in [6, 6.07) is 2.52. The second-order valence-electron chi connectivity index (χ2n) is 6.14. The minimum Gasteiger partial charge on any atom is -0.395 e. The zero-order valence-electron chi connectivity index (χ0n) is 13.7. The third kappa shape index (κ3) is 4.10. The third-order valence-electron chi connectivity index (χ3n) is 4.58. The molecule has 3 rings (SSSR count). The van der Waals surface area contributed by atoms with Crippen molar-refractivity contribution in [2.75, 3.05) is 56.8 Å². The Morgan fingerprint density at radius 2 is 2.00 bits per heavy atom. The van der Waals surface area contributed by atoms with Crippen molar-refractivity contribution in [2.24, 2.45) is 0 Å². The first-order chi connectivity index (χ1) is 11.3. The van der Waals surface area contributed by atoms with Crippen molar-refractivity contribution in [1.29, 1.82) is 0 Å². The predicted octanol–water partition coefficient (Wildman–Crippen LogP) is 1.000. The number of aliphatic hydroxyl groups excluding tert-OH is 1. The van der Waals surface area contributed by atoms with Gasteiger partial charge >= 0.3 is 0 Å².